The summed E-state index contributed by atoms with van der Waals surface area (Å²) in [5, 5.41) is 9.66. The minimum atomic E-state index is 0.355. The second-order valence-electron chi connectivity index (χ2n) is 6.41. The van der Waals surface area contributed by atoms with E-state index in [1.165, 1.54) is 68.2 Å². The lowest BCUT2D eigenvalue weighted by Gasteiger charge is -2.37. The van der Waals surface area contributed by atoms with Crippen molar-refractivity contribution in [3.8, 4) is 5.75 Å². The van der Waals surface area contributed by atoms with Crippen molar-refractivity contribution in [2.75, 3.05) is 26.7 Å². The number of rotatable bonds is 6. The molecule has 0 saturated carbocycles. The van der Waals surface area contributed by atoms with Gasteiger partial charge >= 0.3 is 0 Å². The highest BCUT2D eigenvalue weighted by atomic mass is 79.9. The number of aromatic hydroxyl groups is 1. The standard InChI is InChI=1S/C17H26BrNO/c1-19(13-6-3-7-14-19)12-5-2-4-9-15-10-8-11-16(20)17(15)18/h8,10-11H,2-7,9,12-14H2,1H3/p+1. The maximum absolute atomic E-state index is 9.66. The van der Waals surface area contributed by atoms with Gasteiger partial charge in [0.2, 0.25) is 0 Å². The maximum atomic E-state index is 9.66. The third-order valence-electron chi connectivity index (χ3n) is 4.60. The Balaban J connectivity index is 1.67. The monoisotopic (exact) mass is 340 g/mol. The first kappa shape index (κ1) is 15.8. The van der Waals surface area contributed by atoms with Gasteiger partial charge in [-0.2, -0.15) is 0 Å². The first-order valence-corrected chi connectivity index (χ1v) is 8.70. The summed E-state index contributed by atoms with van der Waals surface area (Å²) in [7, 11) is 2.42. The van der Waals surface area contributed by atoms with Gasteiger partial charge in [-0.3, -0.25) is 0 Å². The van der Waals surface area contributed by atoms with E-state index in [0.29, 0.717) is 5.75 Å². The summed E-state index contributed by atoms with van der Waals surface area (Å²) in [6.45, 7) is 4.08. The fourth-order valence-electron chi connectivity index (χ4n) is 3.24. The number of hydrogen-bond acceptors (Lipinski definition) is 1. The summed E-state index contributed by atoms with van der Waals surface area (Å²) in [5.74, 6) is 0.355. The van der Waals surface area contributed by atoms with Gasteiger partial charge in [-0.15, -0.1) is 0 Å². The summed E-state index contributed by atoms with van der Waals surface area (Å²) in [6.07, 6.45) is 9.13. The minimum Gasteiger partial charge on any atom is -0.507 e. The number of halogens is 1. The summed E-state index contributed by atoms with van der Waals surface area (Å²) in [6, 6.07) is 5.76. The highest BCUT2D eigenvalue weighted by Gasteiger charge is 2.23. The van der Waals surface area contributed by atoms with Crippen molar-refractivity contribution >= 4 is 15.9 Å². The molecule has 3 heteroatoms. The van der Waals surface area contributed by atoms with Crippen LogP contribution >= 0.6 is 15.9 Å². The Hall–Kier alpha value is -0.540. The lowest BCUT2D eigenvalue weighted by atomic mass is 10.0. The number of aryl methyl sites for hydroxylation is 1. The molecule has 1 heterocycles. The van der Waals surface area contributed by atoms with Crippen LogP contribution in [0.1, 0.15) is 44.1 Å². The zero-order chi connectivity index (χ0) is 14.4. The van der Waals surface area contributed by atoms with Crippen molar-refractivity contribution in [3.63, 3.8) is 0 Å². The molecule has 0 spiro atoms. The van der Waals surface area contributed by atoms with Crippen LogP contribution < -0.4 is 0 Å². The Kier molecular flexibility index (Phi) is 5.91. The first-order chi connectivity index (χ1) is 9.61. The van der Waals surface area contributed by atoms with E-state index in [9.17, 15) is 5.11 Å². The molecule has 0 aromatic heterocycles. The molecule has 2 nitrogen and oxygen atoms in total. The largest absolute Gasteiger partial charge is 0.507 e. The Morgan fingerprint density at radius 3 is 2.60 bits per heavy atom. The number of piperidine rings is 1. The first-order valence-electron chi connectivity index (χ1n) is 7.91. The third-order valence-corrected chi connectivity index (χ3v) is 5.51. The molecular formula is C17H27BrNO+. The average molecular weight is 341 g/mol. The molecule has 2 rings (SSSR count). The number of quaternary nitrogens is 1. The van der Waals surface area contributed by atoms with Gasteiger partial charge in [-0.1, -0.05) is 12.1 Å². The maximum Gasteiger partial charge on any atom is 0.130 e. The molecule has 1 N–H and O–H groups in total. The van der Waals surface area contributed by atoms with Crippen LogP contribution in [-0.2, 0) is 6.42 Å². The van der Waals surface area contributed by atoms with E-state index in [4.69, 9.17) is 0 Å². The van der Waals surface area contributed by atoms with Gasteiger partial charge in [0.15, 0.2) is 0 Å². The number of nitrogens with zero attached hydrogens (tertiary/aromatic N) is 1. The lowest BCUT2D eigenvalue weighted by Crippen LogP contribution is -2.48. The van der Waals surface area contributed by atoms with Crippen molar-refractivity contribution in [1.29, 1.82) is 0 Å². The third kappa shape index (κ3) is 4.49. The Bertz CT molecular complexity index is 427. The molecule has 0 amide bonds. The number of hydrogen-bond donors (Lipinski definition) is 1. The molecule has 0 aliphatic carbocycles. The van der Waals surface area contributed by atoms with Crippen molar-refractivity contribution in [2.45, 2.75) is 44.9 Å². The van der Waals surface area contributed by atoms with Crippen LogP contribution in [0.4, 0.5) is 0 Å². The molecule has 1 aliphatic rings. The highest BCUT2D eigenvalue weighted by Crippen LogP contribution is 2.28. The van der Waals surface area contributed by atoms with E-state index < -0.39 is 0 Å². The number of phenols is 1. The second kappa shape index (κ2) is 7.46. The number of likely N-dealkylation sites (tertiary alicyclic amines) is 1. The summed E-state index contributed by atoms with van der Waals surface area (Å²) >= 11 is 3.47. The summed E-state index contributed by atoms with van der Waals surface area (Å²) in [4.78, 5) is 0. The fraction of sp³-hybridized carbons (Fsp3) is 0.647. The molecule has 112 valence electrons. The minimum absolute atomic E-state index is 0.355. The fourth-order valence-corrected chi connectivity index (χ4v) is 3.71. The molecule has 20 heavy (non-hydrogen) atoms. The van der Waals surface area contributed by atoms with Gasteiger partial charge in [0.25, 0.3) is 0 Å². The molecule has 0 bridgehead atoms. The van der Waals surface area contributed by atoms with Crippen LogP contribution in [0, 0.1) is 0 Å². The Morgan fingerprint density at radius 1 is 1.10 bits per heavy atom. The van der Waals surface area contributed by atoms with Gasteiger partial charge in [0.1, 0.15) is 5.75 Å². The molecular weight excluding hydrogens is 314 g/mol. The van der Waals surface area contributed by atoms with Crippen LogP contribution in [0.5, 0.6) is 5.75 Å². The molecule has 0 unspecified atom stereocenters. The van der Waals surface area contributed by atoms with E-state index in [2.05, 4.69) is 29.0 Å². The second-order valence-corrected chi connectivity index (χ2v) is 7.20. The van der Waals surface area contributed by atoms with E-state index >= 15 is 0 Å². The molecule has 1 aromatic rings. The van der Waals surface area contributed by atoms with Crippen molar-refractivity contribution < 1.29 is 9.59 Å². The van der Waals surface area contributed by atoms with Crippen LogP contribution in [-0.4, -0.2) is 36.3 Å². The van der Waals surface area contributed by atoms with Gasteiger partial charge in [0.05, 0.1) is 31.2 Å². The predicted molar refractivity (Wildman–Crippen MR) is 88.0 cm³/mol. The number of benzene rings is 1. The normalized spacial score (nSPS) is 18.1. The van der Waals surface area contributed by atoms with Gasteiger partial charge in [-0.25, -0.2) is 0 Å². The lowest BCUT2D eigenvalue weighted by molar-refractivity contribution is -0.914. The van der Waals surface area contributed by atoms with E-state index in [1.807, 2.05) is 6.07 Å². The van der Waals surface area contributed by atoms with Gasteiger partial charge in [-0.05, 0) is 72.5 Å². The van der Waals surface area contributed by atoms with E-state index in [0.717, 1.165) is 10.9 Å². The zero-order valence-electron chi connectivity index (χ0n) is 12.6. The number of unbranched alkanes of at least 4 members (excludes halogenated alkanes) is 2. The SMILES string of the molecule is C[N+]1(CCCCCc2cccc(O)c2Br)CCCCC1. The van der Waals surface area contributed by atoms with Gasteiger partial charge in [0, 0.05) is 0 Å². The highest BCUT2D eigenvalue weighted by molar-refractivity contribution is 9.10. The topological polar surface area (TPSA) is 20.2 Å². The quantitative estimate of drug-likeness (QED) is 0.597. The molecule has 1 fully saturated rings. The summed E-state index contributed by atoms with van der Waals surface area (Å²) < 4.78 is 2.16. The van der Waals surface area contributed by atoms with Crippen LogP contribution in [0.25, 0.3) is 0 Å². The van der Waals surface area contributed by atoms with E-state index in [1.54, 1.807) is 6.07 Å². The predicted octanol–water partition coefficient (Wildman–Crippen LogP) is 4.50. The molecule has 1 saturated heterocycles. The van der Waals surface area contributed by atoms with Crippen molar-refractivity contribution in [2.24, 2.45) is 0 Å². The number of phenolic OH excluding ortho intramolecular Hbond substituents is 1. The van der Waals surface area contributed by atoms with Crippen LogP contribution in [0.15, 0.2) is 22.7 Å². The smallest absolute Gasteiger partial charge is 0.130 e. The molecule has 0 radical (unpaired) electrons. The van der Waals surface area contributed by atoms with Crippen LogP contribution in [0.3, 0.4) is 0 Å². The van der Waals surface area contributed by atoms with Crippen molar-refractivity contribution in [1.82, 2.24) is 0 Å². The van der Waals surface area contributed by atoms with Gasteiger partial charge < -0.3 is 9.59 Å². The molecule has 0 atom stereocenters. The Labute approximate surface area is 131 Å². The Morgan fingerprint density at radius 2 is 1.85 bits per heavy atom. The molecule has 1 aliphatic heterocycles. The average Bonchev–Trinajstić information content (AvgIpc) is 2.44. The van der Waals surface area contributed by atoms with Crippen molar-refractivity contribution in [3.05, 3.63) is 28.2 Å². The van der Waals surface area contributed by atoms with E-state index in [-0.39, 0.29) is 0 Å². The molecule has 1 aromatic carbocycles. The van der Waals surface area contributed by atoms with Crippen LogP contribution in [0.2, 0.25) is 0 Å². The zero-order valence-corrected chi connectivity index (χ0v) is 14.2. The summed E-state index contributed by atoms with van der Waals surface area (Å²) in [5.41, 5.74) is 1.23.